The van der Waals surface area contributed by atoms with Gasteiger partial charge in [-0.2, -0.15) is 11.8 Å². The molecule has 0 bridgehead atoms. The third kappa shape index (κ3) is 8.45. The number of hydrogen-bond donors (Lipinski definition) is 1. The van der Waals surface area contributed by atoms with E-state index in [4.69, 9.17) is 9.47 Å². The first kappa shape index (κ1) is 20.6. The average molecular weight is 369 g/mol. The van der Waals surface area contributed by atoms with Crippen molar-refractivity contribution in [1.82, 2.24) is 0 Å². The van der Waals surface area contributed by atoms with Crippen LogP contribution < -0.4 is 0 Å². The fourth-order valence-corrected chi connectivity index (χ4v) is 2.91. The molecule has 1 rings (SSSR count). The molecule has 0 amide bonds. The smallest absolute Gasteiger partial charge is 0.333 e. The second kappa shape index (κ2) is 11.2. The van der Waals surface area contributed by atoms with E-state index in [1.54, 1.807) is 18.7 Å². The van der Waals surface area contributed by atoms with Crippen molar-refractivity contribution in [2.45, 2.75) is 25.2 Å². The monoisotopic (exact) mass is 368 g/mol. The van der Waals surface area contributed by atoms with Crippen LogP contribution in [0.3, 0.4) is 0 Å². The van der Waals surface area contributed by atoms with Crippen LogP contribution in [0.15, 0.2) is 41.3 Å². The molecule has 1 atom stereocenters. The maximum Gasteiger partial charge on any atom is 0.333 e. The van der Waals surface area contributed by atoms with E-state index < -0.39 is 5.97 Å². The number of thioether (sulfide) groups is 1. The minimum Gasteiger partial charge on any atom is -0.462 e. The molecule has 6 heteroatoms. The molecule has 0 aliphatic heterocycles. The van der Waals surface area contributed by atoms with Crippen LogP contribution in [0.4, 0.5) is 0 Å². The number of aryl methyl sites for hydroxylation is 1. The SMILES string of the molecule is C=C(C)C(=O)OCCOC(=O)C(C)CSCCc1ccc(S)cc1. The van der Waals surface area contributed by atoms with Gasteiger partial charge in [0.2, 0.25) is 0 Å². The second-order valence-corrected chi connectivity index (χ2v) is 7.14. The van der Waals surface area contributed by atoms with E-state index in [0.29, 0.717) is 11.3 Å². The molecule has 0 radical (unpaired) electrons. The molecule has 4 nitrogen and oxygen atoms in total. The van der Waals surface area contributed by atoms with Gasteiger partial charge in [0.25, 0.3) is 0 Å². The van der Waals surface area contributed by atoms with Gasteiger partial charge in [-0.3, -0.25) is 4.79 Å². The highest BCUT2D eigenvalue weighted by Gasteiger charge is 2.14. The summed E-state index contributed by atoms with van der Waals surface area (Å²) in [5, 5.41) is 0. The third-order valence-corrected chi connectivity index (χ3v) is 4.68. The zero-order valence-corrected chi connectivity index (χ0v) is 15.8. The number of carbonyl (C=O) groups is 2. The van der Waals surface area contributed by atoms with Crippen molar-refractivity contribution < 1.29 is 19.1 Å². The minimum atomic E-state index is -0.472. The number of benzene rings is 1. The van der Waals surface area contributed by atoms with E-state index in [-0.39, 0.29) is 25.1 Å². The Bertz CT molecular complexity index is 555. The Kier molecular flexibility index (Phi) is 9.64. The summed E-state index contributed by atoms with van der Waals surface area (Å²) in [6, 6.07) is 8.08. The lowest BCUT2D eigenvalue weighted by atomic mass is 10.2. The molecule has 0 aromatic heterocycles. The van der Waals surface area contributed by atoms with Crippen molar-refractivity contribution in [2.24, 2.45) is 5.92 Å². The van der Waals surface area contributed by atoms with Crippen LogP contribution >= 0.6 is 24.4 Å². The van der Waals surface area contributed by atoms with E-state index in [0.717, 1.165) is 17.1 Å². The van der Waals surface area contributed by atoms with Crippen molar-refractivity contribution in [3.8, 4) is 0 Å². The Hall–Kier alpha value is -1.40. The van der Waals surface area contributed by atoms with Crippen LogP contribution in [0, 0.1) is 5.92 Å². The summed E-state index contributed by atoms with van der Waals surface area (Å²) >= 11 is 5.98. The fraction of sp³-hybridized carbons (Fsp3) is 0.444. The summed E-state index contributed by atoms with van der Waals surface area (Å²) in [6.07, 6.45) is 0.956. The van der Waals surface area contributed by atoms with Crippen LogP contribution in [0.25, 0.3) is 0 Å². The number of thiol groups is 1. The third-order valence-electron chi connectivity index (χ3n) is 3.15. The van der Waals surface area contributed by atoms with Crippen molar-refractivity contribution in [2.75, 3.05) is 24.7 Å². The first-order valence-electron chi connectivity index (χ1n) is 7.75. The van der Waals surface area contributed by atoms with Crippen molar-refractivity contribution in [3.63, 3.8) is 0 Å². The maximum atomic E-state index is 11.8. The van der Waals surface area contributed by atoms with Crippen molar-refractivity contribution in [1.29, 1.82) is 0 Å². The number of ether oxygens (including phenoxy) is 2. The highest BCUT2D eigenvalue weighted by Crippen LogP contribution is 2.14. The number of carbonyl (C=O) groups excluding carboxylic acids is 2. The van der Waals surface area contributed by atoms with E-state index in [9.17, 15) is 9.59 Å². The predicted octanol–water partition coefficient (Wildman–Crippen LogP) is 3.55. The number of rotatable bonds is 10. The predicted molar refractivity (Wildman–Crippen MR) is 101 cm³/mol. The molecule has 132 valence electrons. The van der Waals surface area contributed by atoms with Gasteiger partial charge in [-0.15, -0.1) is 12.6 Å². The summed E-state index contributed by atoms with van der Waals surface area (Å²) in [5.41, 5.74) is 1.59. The molecule has 0 saturated heterocycles. The van der Waals surface area contributed by atoms with E-state index >= 15 is 0 Å². The van der Waals surface area contributed by atoms with Gasteiger partial charge in [0, 0.05) is 16.2 Å². The fourth-order valence-electron chi connectivity index (χ4n) is 1.72. The van der Waals surface area contributed by atoms with Gasteiger partial charge in [-0.1, -0.05) is 25.6 Å². The molecule has 0 heterocycles. The quantitative estimate of drug-likeness (QED) is 0.296. The second-order valence-electron chi connectivity index (χ2n) is 5.48. The van der Waals surface area contributed by atoms with E-state index in [2.05, 4.69) is 31.3 Å². The molecular weight excluding hydrogens is 344 g/mol. The average Bonchev–Trinajstić information content (AvgIpc) is 2.56. The van der Waals surface area contributed by atoms with Gasteiger partial charge in [0.05, 0.1) is 5.92 Å². The van der Waals surface area contributed by atoms with Crippen LogP contribution in [0.2, 0.25) is 0 Å². The molecule has 0 aliphatic rings. The summed E-state index contributed by atoms with van der Waals surface area (Å²) in [4.78, 5) is 23.9. The van der Waals surface area contributed by atoms with Crippen molar-refractivity contribution >= 4 is 36.3 Å². The molecule has 24 heavy (non-hydrogen) atoms. The lowest BCUT2D eigenvalue weighted by Crippen LogP contribution is -2.20. The van der Waals surface area contributed by atoms with Gasteiger partial charge in [-0.25, -0.2) is 4.79 Å². The number of esters is 2. The lowest BCUT2D eigenvalue weighted by molar-refractivity contribution is -0.152. The molecule has 0 fully saturated rings. The van der Waals surface area contributed by atoms with Gasteiger partial charge >= 0.3 is 11.9 Å². The summed E-state index contributed by atoms with van der Waals surface area (Å²) < 4.78 is 9.96. The molecule has 0 spiro atoms. The van der Waals surface area contributed by atoms with Gasteiger partial charge in [0.1, 0.15) is 13.2 Å². The summed E-state index contributed by atoms with van der Waals surface area (Å²) in [6.45, 7) is 7.01. The Balaban J connectivity index is 2.12. The Morgan fingerprint density at radius 1 is 1.21 bits per heavy atom. The molecule has 0 aliphatic carbocycles. The Morgan fingerprint density at radius 2 is 1.83 bits per heavy atom. The Labute approximate surface area is 153 Å². The number of hydrogen-bond acceptors (Lipinski definition) is 6. The van der Waals surface area contributed by atoms with E-state index in [1.165, 1.54) is 5.56 Å². The summed E-state index contributed by atoms with van der Waals surface area (Å²) in [7, 11) is 0. The minimum absolute atomic E-state index is 0.0540. The van der Waals surface area contributed by atoms with Gasteiger partial charge in [-0.05, 0) is 36.8 Å². The zero-order valence-electron chi connectivity index (χ0n) is 14.1. The molecular formula is C18H24O4S2. The molecule has 1 aromatic rings. The Morgan fingerprint density at radius 3 is 2.46 bits per heavy atom. The molecule has 0 N–H and O–H groups in total. The van der Waals surface area contributed by atoms with Crippen LogP contribution in [-0.2, 0) is 25.5 Å². The highest BCUT2D eigenvalue weighted by atomic mass is 32.2. The topological polar surface area (TPSA) is 52.6 Å². The zero-order chi connectivity index (χ0) is 17.9. The maximum absolute atomic E-state index is 11.8. The largest absolute Gasteiger partial charge is 0.462 e. The molecule has 1 unspecified atom stereocenters. The normalized spacial score (nSPS) is 11.6. The standard InChI is InChI=1S/C18H24O4S2/c1-13(2)17(19)21-9-10-22-18(20)14(3)12-24-11-8-15-4-6-16(23)7-5-15/h4-7,14,23H,1,8-12H2,2-3H3. The molecule has 0 saturated carbocycles. The van der Waals surface area contributed by atoms with Gasteiger partial charge < -0.3 is 9.47 Å². The first-order valence-corrected chi connectivity index (χ1v) is 9.35. The van der Waals surface area contributed by atoms with Crippen LogP contribution in [0.5, 0.6) is 0 Å². The van der Waals surface area contributed by atoms with E-state index in [1.807, 2.05) is 19.1 Å². The molecule has 1 aromatic carbocycles. The van der Waals surface area contributed by atoms with Crippen molar-refractivity contribution in [3.05, 3.63) is 42.0 Å². The van der Waals surface area contributed by atoms with Crippen LogP contribution in [0.1, 0.15) is 19.4 Å². The lowest BCUT2D eigenvalue weighted by Gasteiger charge is -2.11. The van der Waals surface area contributed by atoms with Gasteiger partial charge in [0.15, 0.2) is 0 Å². The first-order chi connectivity index (χ1) is 11.4. The summed E-state index contributed by atoms with van der Waals surface area (Å²) in [5.74, 6) is 0.718. The van der Waals surface area contributed by atoms with Crippen LogP contribution in [-0.4, -0.2) is 36.7 Å². The highest BCUT2D eigenvalue weighted by molar-refractivity contribution is 7.99.